The van der Waals surface area contributed by atoms with E-state index in [0.29, 0.717) is 19.3 Å². The number of ether oxygens (including phenoxy) is 1. The number of carbonyl (C=O) groups excluding carboxylic acids is 2. The molecule has 1 aliphatic heterocycles. The van der Waals surface area contributed by atoms with Crippen LogP contribution in [0, 0.1) is 5.82 Å². The molecule has 2 heterocycles. The van der Waals surface area contributed by atoms with Gasteiger partial charge in [0.05, 0.1) is 17.0 Å². The van der Waals surface area contributed by atoms with Crippen LogP contribution >= 0.6 is 11.6 Å². The van der Waals surface area contributed by atoms with Crippen molar-refractivity contribution in [3.8, 4) is 0 Å². The van der Waals surface area contributed by atoms with Crippen LogP contribution in [0.2, 0.25) is 5.02 Å². The summed E-state index contributed by atoms with van der Waals surface area (Å²) in [5.41, 5.74) is -0.762. The number of esters is 1. The summed E-state index contributed by atoms with van der Waals surface area (Å²) in [5, 5.41) is -0.128. The molecular formula is C20H18ClF4N3O3. The first-order valence-electron chi connectivity index (χ1n) is 9.29. The van der Waals surface area contributed by atoms with Gasteiger partial charge in [-0.3, -0.25) is 9.59 Å². The number of aromatic nitrogens is 1. The van der Waals surface area contributed by atoms with Crippen LogP contribution in [0.5, 0.6) is 0 Å². The maximum absolute atomic E-state index is 13.6. The Kier molecular flexibility index (Phi) is 6.99. The number of nitrogens with zero attached hydrogens (tertiary/aromatic N) is 3. The molecule has 0 N–H and O–H groups in total. The Balaban J connectivity index is 1.49. The minimum absolute atomic E-state index is 0.128. The maximum Gasteiger partial charge on any atom is 0.417 e. The van der Waals surface area contributed by atoms with Gasteiger partial charge in [0, 0.05) is 32.4 Å². The van der Waals surface area contributed by atoms with Crippen molar-refractivity contribution in [1.29, 1.82) is 0 Å². The second kappa shape index (κ2) is 9.51. The van der Waals surface area contributed by atoms with Gasteiger partial charge in [-0.1, -0.05) is 29.8 Å². The highest BCUT2D eigenvalue weighted by atomic mass is 35.5. The third kappa shape index (κ3) is 5.84. The lowest BCUT2D eigenvalue weighted by atomic mass is 10.1. The smallest absolute Gasteiger partial charge is 0.417 e. The van der Waals surface area contributed by atoms with Crippen LogP contribution in [0.15, 0.2) is 36.5 Å². The Labute approximate surface area is 180 Å². The molecule has 1 aromatic carbocycles. The standard InChI is InChI=1S/C20H18ClF4N3O3/c21-15-10-14(20(23,24)25)11-26-19(15)28-7-5-27(6-8-28)17(29)12-31-18(30)9-13-3-1-2-4-16(13)22/h1-4,10-11H,5-9,12H2. The number of anilines is 1. The number of benzene rings is 1. The van der Waals surface area contributed by atoms with E-state index in [1.807, 2.05) is 0 Å². The molecule has 6 nitrogen and oxygen atoms in total. The van der Waals surface area contributed by atoms with Gasteiger partial charge in [-0.05, 0) is 17.7 Å². The minimum atomic E-state index is -4.54. The molecule has 2 aromatic rings. The highest BCUT2D eigenvalue weighted by Crippen LogP contribution is 2.33. The summed E-state index contributed by atoms with van der Waals surface area (Å²) in [6.07, 6.45) is -4.11. The first kappa shape index (κ1) is 22.8. The molecule has 0 radical (unpaired) electrons. The number of alkyl halides is 3. The Hall–Kier alpha value is -2.88. The third-order valence-electron chi connectivity index (χ3n) is 4.73. The summed E-state index contributed by atoms with van der Waals surface area (Å²) in [6.45, 7) is 0.623. The second-order valence-corrected chi connectivity index (χ2v) is 7.23. The monoisotopic (exact) mass is 459 g/mol. The van der Waals surface area contributed by atoms with Crippen LogP contribution in [-0.4, -0.2) is 54.5 Å². The van der Waals surface area contributed by atoms with Crippen molar-refractivity contribution in [3.05, 3.63) is 58.5 Å². The van der Waals surface area contributed by atoms with Gasteiger partial charge in [0.25, 0.3) is 5.91 Å². The van der Waals surface area contributed by atoms with E-state index in [-0.39, 0.29) is 35.9 Å². The molecule has 31 heavy (non-hydrogen) atoms. The van der Waals surface area contributed by atoms with Crippen molar-refractivity contribution in [2.45, 2.75) is 12.6 Å². The Bertz CT molecular complexity index is 963. The fourth-order valence-corrected chi connectivity index (χ4v) is 3.35. The van der Waals surface area contributed by atoms with Gasteiger partial charge in [-0.2, -0.15) is 13.2 Å². The molecule has 1 aromatic heterocycles. The molecule has 0 unspecified atom stereocenters. The first-order chi connectivity index (χ1) is 14.6. The lowest BCUT2D eigenvalue weighted by Gasteiger charge is -2.35. The lowest BCUT2D eigenvalue weighted by molar-refractivity contribution is -0.151. The van der Waals surface area contributed by atoms with Crippen molar-refractivity contribution in [2.24, 2.45) is 0 Å². The van der Waals surface area contributed by atoms with E-state index >= 15 is 0 Å². The fraction of sp³-hybridized carbons (Fsp3) is 0.350. The minimum Gasteiger partial charge on any atom is -0.455 e. The number of halogens is 5. The predicted octanol–water partition coefficient (Wildman–Crippen LogP) is 3.33. The molecule has 3 rings (SSSR count). The summed E-state index contributed by atoms with van der Waals surface area (Å²) in [7, 11) is 0. The van der Waals surface area contributed by atoms with Gasteiger partial charge in [0.2, 0.25) is 0 Å². The van der Waals surface area contributed by atoms with Crippen LogP contribution in [0.4, 0.5) is 23.4 Å². The summed E-state index contributed by atoms with van der Waals surface area (Å²) in [6, 6.07) is 6.59. The fourth-order valence-electron chi connectivity index (χ4n) is 3.07. The zero-order valence-electron chi connectivity index (χ0n) is 16.2. The average molecular weight is 460 g/mol. The van der Waals surface area contributed by atoms with Crippen LogP contribution in [-0.2, 0) is 26.9 Å². The lowest BCUT2D eigenvalue weighted by Crippen LogP contribution is -2.50. The molecule has 0 saturated carbocycles. The van der Waals surface area contributed by atoms with Gasteiger partial charge in [0.1, 0.15) is 11.6 Å². The van der Waals surface area contributed by atoms with E-state index in [2.05, 4.69) is 4.98 Å². The Morgan fingerprint density at radius 1 is 1.13 bits per heavy atom. The van der Waals surface area contributed by atoms with Crippen LogP contribution in [0.3, 0.4) is 0 Å². The van der Waals surface area contributed by atoms with Crippen molar-refractivity contribution in [3.63, 3.8) is 0 Å². The highest BCUT2D eigenvalue weighted by Gasteiger charge is 2.32. The quantitative estimate of drug-likeness (QED) is 0.507. The third-order valence-corrected chi connectivity index (χ3v) is 5.01. The molecule has 0 bridgehead atoms. The van der Waals surface area contributed by atoms with Gasteiger partial charge >= 0.3 is 12.1 Å². The first-order valence-corrected chi connectivity index (χ1v) is 9.67. The van der Waals surface area contributed by atoms with Crippen molar-refractivity contribution < 1.29 is 31.9 Å². The van der Waals surface area contributed by atoms with E-state index in [1.165, 1.54) is 23.1 Å². The van der Waals surface area contributed by atoms with Gasteiger partial charge < -0.3 is 14.5 Å². The Morgan fingerprint density at radius 3 is 2.42 bits per heavy atom. The predicted molar refractivity (Wildman–Crippen MR) is 104 cm³/mol. The SMILES string of the molecule is O=C(Cc1ccccc1F)OCC(=O)N1CCN(c2ncc(C(F)(F)F)cc2Cl)CC1. The number of rotatable bonds is 5. The molecule has 0 aliphatic carbocycles. The Morgan fingerprint density at radius 2 is 1.81 bits per heavy atom. The largest absolute Gasteiger partial charge is 0.455 e. The molecule has 1 fully saturated rings. The summed E-state index contributed by atoms with van der Waals surface area (Å²) < 4.78 is 56.7. The second-order valence-electron chi connectivity index (χ2n) is 6.82. The molecule has 0 spiro atoms. The molecule has 0 atom stereocenters. The number of hydrogen-bond donors (Lipinski definition) is 0. The number of pyridine rings is 1. The van der Waals surface area contributed by atoms with E-state index in [0.717, 1.165) is 6.07 Å². The summed E-state index contributed by atoms with van der Waals surface area (Å²) in [4.78, 5) is 31.1. The molecule has 1 aliphatic rings. The van der Waals surface area contributed by atoms with Gasteiger partial charge in [0.15, 0.2) is 6.61 Å². The normalized spacial score (nSPS) is 14.5. The van der Waals surface area contributed by atoms with Gasteiger partial charge in [-0.25, -0.2) is 9.37 Å². The van der Waals surface area contributed by atoms with E-state index < -0.39 is 36.0 Å². The molecule has 1 saturated heterocycles. The van der Waals surface area contributed by atoms with Crippen molar-refractivity contribution >= 4 is 29.3 Å². The number of piperazine rings is 1. The van der Waals surface area contributed by atoms with Crippen LogP contribution in [0.1, 0.15) is 11.1 Å². The van der Waals surface area contributed by atoms with Crippen molar-refractivity contribution in [2.75, 3.05) is 37.7 Å². The molecular weight excluding hydrogens is 442 g/mol. The van der Waals surface area contributed by atoms with Crippen molar-refractivity contribution in [1.82, 2.24) is 9.88 Å². The number of hydrogen-bond acceptors (Lipinski definition) is 5. The maximum atomic E-state index is 13.6. The van der Waals surface area contributed by atoms with E-state index in [9.17, 15) is 27.2 Å². The van der Waals surface area contributed by atoms with Gasteiger partial charge in [-0.15, -0.1) is 0 Å². The number of carbonyl (C=O) groups is 2. The zero-order valence-corrected chi connectivity index (χ0v) is 16.9. The summed E-state index contributed by atoms with van der Waals surface area (Å²) >= 11 is 5.96. The number of amides is 1. The summed E-state index contributed by atoms with van der Waals surface area (Å²) in [5.74, 6) is -1.47. The zero-order chi connectivity index (χ0) is 22.6. The molecule has 1 amide bonds. The van der Waals surface area contributed by atoms with E-state index in [1.54, 1.807) is 11.0 Å². The van der Waals surface area contributed by atoms with E-state index in [4.69, 9.17) is 16.3 Å². The topological polar surface area (TPSA) is 62.7 Å². The highest BCUT2D eigenvalue weighted by molar-refractivity contribution is 6.33. The van der Waals surface area contributed by atoms with Crippen LogP contribution in [0.25, 0.3) is 0 Å². The average Bonchev–Trinajstić information content (AvgIpc) is 2.73. The van der Waals surface area contributed by atoms with Crippen LogP contribution < -0.4 is 4.90 Å². The molecule has 11 heteroatoms. The molecule has 166 valence electrons.